The van der Waals surface area contributed by atoms with Crippen molar-refractivity contribution in [3.63, 3.8) is 0 Å². The highest BCUT2D eigenvalue weighted by molar-refractivity contribution is 6.22. The number of hydrogen-bond acceptors (Lipinski definition) is 3. The molecule has 0 aromatic heterocycles. The van der Waals surface area contributed by atoms with Crippen molar-refractivity contribution in [2.24, 2.45) is 23.7 Å². The smallest absolute Gasteiger partial charge is 0.237 e. The van der Waals surface area contributed by atoms with Gasteiger partial charge in [0, 0.05) is 0 Å². The lowest BCUT2D eigenvalue weighted by Crippen LogP contribution is -2.32. The second-order valence-electron chi connectivity index (χ2n) is 7.90. The van der Waals surface area contributed by atoms with E-state index in [1.807, 2.05) is 37.3 Å². The Morgan fingerprint density at radius 3 is 2.33 bits per heavy atom. The molecular weight excluding hydrogens is 338 g/mol. The summed E-state index contributed by atoms with van der Waals surface area (Å²) < 4.78 is 5.47. The number of fused-ring (bicyclic) bond motifs is 5. The number of hydrogen-bond donors (Lipinski definition) is 0. The van der Waals surface area contributed by atoms with Crippen LogP contribution in [0, 0.1) is 23.7 Å². The van der Waals surface area contributed by atoms with Crippen LogP contribution in [-0.2, 0) is 9.59 Å². The summed E-state index contributed by atoms with van der Waals surface area (Å²) in [6.07, 6.45) is 2.02. The Kier molecular flexibility index (Phi) is 3.81. The number of rotatable bonds is 4. The van der Waals surface area contributed by atoms with Crippen molar-refractivity contribution in [1.82, 2.24) is 0 Å². The van der Waals surface area contributed by atoms with Gasteiger partial charge in [-0.05, 0) is 67.3 Å². The van der Waals surface area contributed by atoms with Crippen molar-refractivity contribution in [1.29, 1.82) is 0 Å². The highest BCUT2D eigenvalue weighted by Crippen LogP contribution is 2.61. The molecule has 2 aliphatic carbocycles. The molecule has 5 atom stereocenters. The molecule has 1 aliphatic heterocycles. The van der Waals surface area contributed by atoms with Crippen LogP contribution in [0.5, 0.6) is 5.75 Å². The molecule has 0 radical (unpaired) electrons. The molecule has 5 unspecified atom stereocenters. The van der Waals surface area contributed by atoms with Crippen LogP contribution in [0.1, 0.15) is 31.2 Å². The molecule has 0 spiro atoms. The minimum absolute atomic E-state index is 0.00632. The number of carbonyl (C=O) groups excluding carboxylic acids is 2. The van der Waals surface area contributed by atoms with Crippen LogP contribution in [0.3, 0.4) is 0 Å². The van der Waals surface area contributed by atoms with Crippen LogP contribution in [0.15, 0.2) is 54.6 Å². The first kappa shape index (κ1) is 16.5. The number of carbonyl (C=O) groups is 2. The number of anilines is 1. The molecule has 3 aliphatic rings. The van der Waals surface area contributed by atoms with Crippen LogP contribution >= 0.6 is 0 Å². The number of amides is 2. The SMILES string of the molecule is CCOc1ccc(N2C(=O)C3C4CC(c5ccccc5)C(C4)C3C2=O)cc1. The topological polar surface area (TPSA) is 46.6 Å². The fourth-order valence-electron chi connectivity index (χ4n) is 5.66. The first-order valence-electron chi connectivity index (χ1n) is 9.84. The zero-order chi connectivity index (χ0) is 18.5. The van der Waals surface area contributed by atoms with E-state index in [0.29, 0.717) is 24.1 Å². The molecule has 2 aromatic rings. The van der Waals surface area contributed by atoms with E-state index >= 15 is 0 Å². The van der Waals surface area contributed by atoms with Crippen molar-refractivity contribution in [2.75, 3.05) is 11.5 Å². The number of imide groups is 1. The van der Waals surface area contributed by atoms with Gasteiger partial charge in [-0.25, -0.2) is 0 Å². The summed E-state index contributed by atoms with van der Waals surface area (Å²) in [5, 5.41) is 0. The minimum Gasteiger partial charge on any atom is -0.494 e. The fourth-order valence-corrected chi connectivity index (χ4v) is 5.66. The van der Waals surface area contributed by atoms with Crippen molar-refractivity contribution < 1.29 is 14.3 Å². The molecule has 5 rings (SSSR count). The maximum absolute atomic E-state index is 13.2. The maximum atomic E-state index is 13.2. The standard InChI is InChI=1S/C23H23NO3/c1-2-27-17-10-8-16(9-11-17)24-22(25)20-15-12-18(14-6-4-3-5-7-14)19(13-15)21(20)23(24)26/h3-11,15,18-21H,2,12-13H2,1H3. The van der Waals surface area contributed by atoms with Crippen molar-refractivity contribution in [2.45, 2.75) is 25.7 Å². The number of benzene rings is 2. The first-order chi connectivity index (χ1) is 13.2. The number of nitrogens with zero attached hydrogens (tertiary/aromatic N) is 1. The molecule has 0 N–H and O–H groups in total. The predicted molar refractivity (Wildman–Crippen MR) is 102 cm³/mol. The van der Waals surface area contributed by atoms with Gasteiger partial charge in [-0.2, -0.15) is 0 Å². The minimum atomic E-state index is -0.159. The molecule has 4 heteroatoms. The van der Waals surface area contributed by atoms with E-state index in [0.717, 1.165) is 18.6 Å². The molecule has 1 saturated heterocycles. The van der Waals surface area contributed by atoms with Gasteiger partial charge in [-0.15, -0.1) is 0 Å². The summed E-state index contributed by atoms with van der Waals surface area (Å²) in [6.45, 7) is 2.52. The van der Waals surface area contributed by atoms with Gasteiger partial charge in [0.1, 0.15) is 5.75 Å². The van der Waals surface area contributed by atoms with Gasteiger partial charge in [0.25, 0.3) is 0 Å². The van der Waals surface area contributed by atoms with E-state index in [4.69, 9.17) is 4.74 Å². The Hall–Kier alpha value is -2.62. The molecule has 2 aromatic carbocycles. The van der Waals surface area contributed by atoms with Crippen LogP contribution in [0.4, 0.5) is 5.69 Å². The largest absolute Gasteiger partial charge is 0.494 e. The Bertz CT molecular complexity index is 876. The third-order valence-electron chi connectivity index (χ3n) is 6.65. The molecule has 2 amide bonds. The van der Waals surface area contributed by atoms with Crippen molar-refractivity contribution in [3.05, 3.63) is 60.2 Å². The van der Waals surface area contributed by atoms with E-state index in [2.05, 4.69) is 24.3 Å². The van der Waals surface area contributed by atoms with Crippen LogP contribution < -0.4 is 9.64 Å². The molecule has 2 saturated carbocycles. The van der Waals surface area contributed by atoms with Crippen LogP contribution in [-0.4, -0.2) is 18.4 Å². The normalized spacial score (nSPS) is 31.4. The Morgan fingerprint density at radius 2 is 1.63 bits per heavy atom. The van der Waals surface area contributed by atoms with Crippen LogP contribution in [0.2, 0.25) is 0 Å². The van der Waals surface area contributed by atoms with Gasteiger partial charge >= 0.3 is 0 Å². The monoisotopic (exact) mass is 361 g/mol. The Labute approximate surface area is 159 Å². The lowest BCUT2D eigenvalue weighted by molar-refractivity contribution is -0.123. The quantitative estimate of drug-likeness (QED) is 0.773. The van der Waals surface area contributed by atoms with Crippen LogP contribution in [0.25, 0.3) is 0 Å². The van der Waals surface area contributed by atoms with Crippen molar-refractivity contribution >= 4 is 17.5 Å². The third kappa shape index (κ3) is 2.43. The maximum Gasteiger partial charge on any atom is 0.237 e. The summed E-state index contributed by atoms with van der Waals surface area (Å²) in [7, 11) is 0. The van der Waals surface area contributed by atoms with Gasteiger partial charge in [-0.1, -0.05) is 30.3 Å². The highest BCUT2D eigenvalue weighted by atomic mass is 16.5. The first-order valence-corrected chi connectivity index (χ1v) is 9.84. The zero-order valence-corrected chi connectivity index (χ0v) is 15.4. The van der Waals surface area contributed by atoms with Gasteiger partial charge in [0.2, 0.25) is 11.8 Å². The summed E-state index contributed by atoms with van der Waals surface area (Å²) >= 11 is 0. The Balaban J connectivity index is 1.43. The summed E-state index contributed by atoms with van der Waals surface area (Å²) in [6, 6.07) is 17.8. The predicted octanol–water partition coefficient (Wildman–Crippen LogP) is 4.01. The van der Waals surface area contributed by atoms with Crippen molar-refractivity contribution in [3.8, 4) is 5.75 Å². The molecular formula is C23H23NO3. The van der Waals surface area contributed by atoms with E-state index in [1.54, 1.807) is 0 Å². The van der Waals surface area contributed by atoms with E-state index < -0.39 is 0 Å². The van der Waals surface area contributed by atoms with E-state index in [-0.39, 0.29) is 29.6 Å². The lowest BCUT2D eigenvalue weighted by Gasteiger charge is -2.28. The molecule has 27 heavy (non-hydrogen) atoms. The van der Waals surface area contributed by atoms with Gasteiger partial charge in [0.15, 0.2) is 0 Å². The summed E-state index contributed by atoms with van der Waals surface area (Å²) in [5.41, 5.74) is 1.97. The molecule has 3 fully saturated rings. The fraction of sp³-hybridized carbons (Fsp3) is 0.391. The second-order valence-corrected chi connectivity index (χ2v) is 7.90. The molecule has 4 nitrogen and oxygen atoms in total. The van der Waals surface area contributed by atoms with E-state index in [9.17, 15) is 9.59 Å². The third-order valence-corrected chi connectivity index (χ3v) is 6.65. The van der Waals surface area contributed by atoms with Gasteiger partial charge < -0.3 is 4.74 Å². The lowest BCUT2D eigenvalue weighted by atomic mass is 9.73. The highest BCUT2D eigenvalue weighted by Gasteiger charge is 2.64. The Morgan fingerprint density at radius 1 is 0.926 bits per heavy atom. The average Bonchev–Trinajstić information content (AvgIpc) is 3.35. The van der Waals surface area contributed by atoms with Gasteiger partial charge in [0.05, 0.1) is 24.1 Å². The summed E-state index contributed by atoms with van der Waals surface area (Å²) in [5.74, 6) is 1.46. The van der Waals surface area contributed by atoms with E-state index in [1.165, 1.54) is 10.5 Å². The number of ether oxygens (including phenoxy) is 1. The molecule has 1 heterocycles. The molecule has 138 valence electrons. The average molecular weight is 361 g/mol. The second kappa shape index (κ2) is 6.22. The summed E-state index contributed by atoms with van der Waals surface area (Å²) in [4.78, 5) is 27.8. The van der Waals surface area contributed by atoms with Gasteiger partial charge in [-0.3, -0.25) is 14.5 Å². The zero-order valence-electron chi connectivity index (χ0n) is 15.4. The molecule has 2 bridgehead atoms.